The Labute approximate surface area is 150 Å². The summed E-state index contributed by atoms with van der Waals surface area (Å²) in [7, 11) is -4.38. The van der Waals surface area contributed by atoms with E-state index >= 15 is 0 Å². The van der Waals surface area contributed by atoms with Crippen molar-refractivity contribution in [3.8, 4) is 17.2 Å². The molecule has 0 bridgehead atoms. The Hall–Kier alpha value is -2.83. The third-order valence-electron chi connectivity index (χ3n) is 2.90. The fourth-order valence-corrected chi connectivity index (χ4v) is 2.34. The molecular weight excluding hydrogens is 359 g/mol. The van der Waals surface area contributed by atoms with Gasteiger partial charge in [-0.1, -0.05) is 68.6 Å². The molecule has 0 saturated carbocycles. The lowest BCUT2D eigenvalue weighted by Crippen LogP contribution is -2.07. The minimum atomic E-state index is -4.38. The molecule has 0 aliphatic rings. The van der Waals surface area contributed by atoms with Crippen LogP contribution in [0.2, 0.25) is 0 Å². The molecule has 0 N–H and O–H groups in total. The molecule has 0 amide bonds. The summed E-state index contributed by atoms with van der Waals surface area (Å²) in [5.74, 6) is 0.873. The van der Waals surface area contributed by atoms with Crippen molar-refractivity contribution in [3.63, 3.8) is 0 Å². The van der Waals surface area contributed by atoms with Gasteiger partial charge < -0.3 is 14.7 Å². The molecule has 3 rings (SSSR count). The van der Waals surface area contributed by atoms with Gasteiger partial charge in [0.1, 0.15) is 0 Å². The minimum absolute atomic E-state index is 0.291. The molecule has 0 fully saturated rings. The summed E-state index contributed by atoms with van der Waals surface area (Å²) in [6.45, 7) is 0. The number of para-hydroxylation sites is 3. The van der Waals surface area contributed by atoms with Crippen LogP contribution in [-0.2, 0) is 18.6 Å². The third kappa shape index (κ3) is 5.61. The monoisotopic (exact) mass is 374 g/mol. The van der Waals surface area contributed by atoms with Crippen molar-refractivity contribution in [1.29, 1.82) is 0 Å². The molecule has 26 heavy (non-hydrogen) atoms. The number of hydrogen-bond acceptors (Lipinski definition) is 7. The Morgan fingerprint density at radius 2 is 0.731 bits per heavy atom. The summed E-state index contributed by atoms with van der Waals surface area (Å²) in [5, 5.41) is 0. The van der Waals surface area contributed by atoms with Crippen LogP contribution in [0.15, 0.2) is 91.0 Å². The van der Waals surface area contributed by atoms with Crippen LogP contribution in [0.3, 0.4) is 0 Å². The van der Waals surface area contributed by atoms with Gasteiger partial charge in [0.2, 0.25) is 0 Å². The molecule has 0 radical (unpaired) electrons. The summed E-state index contributed by atoms with van der Waals surface area (Å²) >= 11 is 0. The second-order valence-corrected chi connectivity index (χ2v) is 6.20. The summed E-state index contributed by atoms with van der Waals surface area (Å²) in [6, 6.07) is 25.2. The number of hydrogen-bond donors (Lipinski definition) is 0. The van der Waals surface area contributed by atoms with Gasteiger partial charge >= 0.3 is 7.82 Å². The van der Waals surface area contributed by atoms with Gasteiger partial charge in [-0.15, -0.1) is 0 Å². The van der Waals surface area contributed by atoms with Crippen molar-refractivity contribution in [2.75, 3.05) is 0 Å². The first kappa shape index (κ1) is 18.0. The first-order chi connectivity index (χ1) is 12.7. The fourth-order valence-electron chi connectivity index (χ4n) is 1.73. The van der Waals surface area contributed by atoms with Crippen LogP contribution in [0.5, 0.6) is 17.2 Å². The van der Waals surface area contributed by atoms with Gasteiger partial charge in [-0.3, -0.25) is 0 Å². The average molecular weight is 374 g/mol. The summed E-state index contributed by atoms with van der Waals surface area (Å²) in [6.07, 6.45) is 0. The predicted octanol–water partition coefficient (Wildman–Crippen LogP) is 5.13. The third-order valence-corrected chi connectivity index (χ3v) is 3.68. The highest BCUT2D eigenvalue weighted by molar-refractivity contribution is 7.48. The van der Waals surface area contributed by atoms with Gasteiger partial charge in [0.25, 0.3) is 0 Å². The van der Waals surface area contributed by atoms with Crippen molar-refractivity contribution < 1.29 is 33.3 Å². The Balaban J connectivity index is 1.65. The zero-order valence-electron chi connectivity index (χ0n) is 13.5. The maximum Gasteiger partial charge on any atom is 0.583 e. The molecule has 3 aromatic rings. The molecule has 134 valence electrons. The molecule has 0 aromatic heterocycles. The standard InChI is InChI=1S/C18H15O7P/c19-26(23-20-16-10-4-1-5-11-16,24-21-17-12-6-2-7-13-17)25-22-18-14-8-3-9-15-18/h1-15H. The summed E-state index contributed by atoms with van der Waals surface area (Å²) < 4.78 is 27.2. The SMILES string of the molecule is O=P(OOc1ccccc1)(OOc1ccccc1)OOc1ccccc1. The summed E-state index contributed by atoms with van der Waals surface area (Å²) in [5.41, 5.74) is 0. The van der Waals surface area contributed by atoms with E-state index in [-0.39, 0.29) is 0 Å². The van der Waals surface area contributed by atoms with Crippen molar-refractivity contribution in [2.24, 2.45) is 0 Å². The number of phosphoric acid groups is 1. The van der Waals surface area contributed by atoms with E-state index in [9.17, 15) is 4.57 Å². The van der Waals surface area contributed by atoms with E-state index < -0.39 is 7.82 Å². The Morgan fingerprint density at radius 3 is 1.00 bits per heavy atom. The van der Waals surface area contributed by atoms with Crippen LogP contribution in [0.1, 0.15) is 0 Å². The molecule has 7 nitrogen and oxygen atoms in total. The quantitative estimate of drug-likeness (QED) is 0.292. The molecule has 0 heterocycles. The largest absolute Gasteiger partial charge is 0.583 e. The van der Waals surface area contributed by atoms with Gasteiger partial charge in [-0.05, 0) is 36.4 Å². The second kappa shape index (κ2) is 9.03. The zero-order valence-corrected chi connectivity index (χ0v) is 14.4. The van der Waals surface area contributed by atoms with E-state index in [1.165, 1.54) is 0 Å². The van der Waals surface area contributed by atoms with Gasteiger partial charge in [0.05, 0.1) is 0 Å². The van der Waals surface area contributed by atoms with E-state index in [0.717, 1.165) is 0 Å². The maximum atomic E-state index is 12.7. The first-order valence-corrected chi connectivity index (χ1v) is 9.04. The van der Waals surface area contributed by atoms with E-state index in [1.54, 1.807) is 91.0 Å². The van der Waals surface area contributed by atoms with Crippen LogP contribution in [-0.4, -0.2) is 0 Å². The molecule has 0 atom stereocenters. The lowest BCUT2D eigenvalue weighted by molar-refractivity contribution is -0.237. The van der Waals surface area contributed by atoms with Crippen LogP contribution < -0.4 is 14.7 Å². The molecule has 0 aliphatic heterocycles. The second-order valence-electron chi connectivity index (χ2n) is 4.86. The van der Waals surface area contributed by atoms with Gasteiger partial charge in [0, 0.05) is 0 Å². The van der Waals surface area contributed by atoms with Gasteiger partial charge in [0.15, 0.2) is 17.2 Å². The molecule has 0 unspecified atom stereocenters. The average Bonchev–Trinajstić information content (AvgIpc) is 2.72. The van der Waals surface area contributed by atoms with E-state index in [4.69, 9.17) is 28.7 Å². The first-order valence-electron chi connectivity index (χ1n) is 7.57. The highest BCUT2D eigenvalue weighted by Crippen LogP contribution is 2.50. The van der Waals surface area contributed by atoms with Crippen LogP contribution >= 0.6 is 7.82 Å². The number of rotatable bonds is 9. The Morgan fingerprint density at radius 1 is 0.462 bits per heavy atom. The van der Waals surface area contributed by atoms with Crippen molar-refractivity contribution in [3.05, 3.63) is 91.0 Å². The van der Waals surface area contributed by atoms with E-state index in [2.05, 4.69) is 0 Å². The molecule has 0 spiro atoms. The lowest BCUT2D eigenvalue weighted by Gasteiger charge is -2.15. The smallest absolute Gasteiger partial charge is 0.327 e. The van der Waals surface area contributed by atoms with Gasteiger partial charge in [-0.25, -0.2) is 4.57 Å². The Kier molecular flexibility index (Phi) is 6.24. The minimum Gasteiger partial charge on any atom is -0.327 e. The number of benzene rings is 3. The zero-order chi connectivity index (χ0) is 18.1. The highest BCUT2D eigenvalue weighted by atomic mass is 31.2. The topological polar surface area (TPSA) is 72.5 Å². The molecular formula is C18H15O7P. The van der Waals surface area contributed by atoms with Gasteiger partial charge in [-0.2, -0.15) is 0 Å². The van der Waals surface area contributed by atoms with Crippen LogP contribution in [0.25, 0.3) is 0 Å². The predicted molar refractivity (Wildman–Crippen MR) is 92.1 cm³/mol. The van der Waals surface area contributed by atoms with Crippen LogP contribution in [0.4, 0.5) is 0 Å². The maximum absolute atomic E-state index is 12.7. The highest BCUT2D eigenvalue weighted by Gasteiger charge is 2.35. The fraction of sp³-hybridized carbons (Fsp3) is 0. The van der Waals surface area contributed by atoms with Crippen LogP contribution in [0, 0.1) is 0 Å². The molecule has 0 saturated heterocycles. The normalized spacial score (nSPS) is 10.9. The summed E-state index contributed by atoms with van der Waals surface area (Å²) in [4.78, 5) is 14.9. The Bertz CT molecular complexity index is 715. The van der Waals surface area contributed by atoms with E-state index in [0.29, 0.717) is 17.2 Å². The van der Waals surface area contributed by atoms with Crippen molar-refractivity contribution in [1.82, 2.24) is 0 Å². The molecule has 3 aromatic carbocycles. The van der Waals surface area contributed by atoms with E-state index in [1.807, 2.05) is 0 Å². The van der Waals surface area contributed by atoms with Crippen molar-refractivity contribution >= 4 is 7.82 Å². The molecule has 8 heteroatoms. The van der Waals surface area contributed by atoms with Crippen molar-refractivity contribution in [2.45, 2.75) is 0 Å². The lowest BCUT2D eigenvalue weighted by atomic mass is 10.3. The molecule has 0 aliphatic carbocycles.